The van der Waals surface area contributed by atoms with Crippen molar-refractivity contribution in [1.82, 2.24) is 0 Å². The molecule has 1 nitrogen and oxygen atoms in total. The summed E-state index contributed by atoms with van der Waals surface area (Å²) in [5, 5.41) is 9.19. The maximum atomic E-state index is 9.19. The van der Waals surface area contributed by atoms with Crippen LogP contribution in [0.2, 0.25) is 0 Å². The Morgan fingerprint density at radius 1 is 1.50 bits per heavy atom. The van der Waals surface area contributed by atoms with E-state index < -0.39 is 0 Å². The zero-order valence-corrected chi connectivity index (χ0v) is 6.84. The van der Waals surface area contributed by atoms with Gasteiger partial charge in [-0.05, 0) is 18.8 Å². The number of rotatable bonds is 5. The fraction of sp³-hybridized carbons (Fsp3) is 1.00. The lowest BCUT2D eigenvalue weighted by Gasteiger charge is -2.05. The van der Waals surface area contributed by atoms with Crippen molar-refractivity contribution in [2.24, 2.45) is 5.92 Å². The van der Waals surface area contributed by atoms with E-state index in [9.17, 15) is 5.11 Å². The van der Waals surface area contributed by atoms with Crippen LogP contribution in [0.4, 0.5) is 0 Å². The first-order chi connectivity index (χ1) is 4.83. The molecule has 0 spiro atoms. The van der Waals surface area contributed by atoms with Crippen LogP contribution in [-0.4, -0.2) is 11.2 Å². The molecule has 1 N–H and O–H groups in total. The van der Waals surface area contributed by atoms with Crippen molar-refractivity contribution in [3.05, 3.63) is 0 Å². The third kappa shape index (κ3) is 3.21. The van der Waals surface area contributed by atoms with Crippen LogP contribution in [0.5, 0.6) is 0 Å². The molecule has 0 bridgehead atoms. The van der Waals surface area contributed by atoms with Crippen molar-refractivity contribution in [2.45, 2.75) is 51.6 Å². The third-order valence-electron chi connectivity index (χ3n) is 2.32. The molecule has 0 saturated heterocycles. The Bertz CT molecular complexity index is 86.7. The van der Waals surface area contributed by atoms with Gasteiger partial charge in [-0.3, -0.25) is 0 Å². The Labute approximate surface area is 63.4 Å². The average Bonchev–Trinajstić information content (AvgIpc) is 2.71. The van der Waals surface area contributed by atoms with Crippen molar-refractivity contribution >= 4 is 0 Å². The van der Waals surface area contributed by atoms with Gasteiger partial charge in [-0.1, -0.05) is 32.6 Å². The van der Waals surface area contributed by atoms with Gasteiger partial charge < -0.3 is 5.11 Å². The lowest BCUT2D eigenvalue weighted by Crippen LogP contribution is -2.03. The van der Waals surface area contributed by atoms with Crippen LogP contribution in [0.3, 0.4) is 0 Å². The number of aliphatic hydroxyl groups excluding tert-OH is 1. The largest absolute Gasteiger partial charge is 0.393 e. The summed E-state index contributed by atoms with van der Waals surface area (Å²) in [4.78, 5) is 0. The van der Waals surface area contributed by atoms with Gasteiger partial charge in [0.1, 0.15) is 0 Å². The van der Waals surface area contributed by atoms with Gasteiger partial charge in [-0.15, -0.1) is 0 Å². The van der Waals surface area contributed by atoms with E-state index >= 15 is 0 Å². The molecule has 0 amide bonds. The van der Waals surface area contributed by atoms with Gasteiger partial charge in [0, 0.05) is 0 Å². The van der Waals surface area contributed by atoms with E-state index in [-0.39, 0.29) is 6.10 Å². The minimum Gasteiger partial charge on any atom is -0.393 e. The highest BCUT2D eigenvalue weighted by molar-refractivity contribution is 4.73. The SMILES string of the molecule is CCC(O)CCCC1CC1. The lowest BCUT2D eigenvalue weighted by atomic mass is 10.1. The molecular weight excluding hydrogens is 124 g/mol. The van der Waals surface area contributed by atoms with E-state index in [4.69, 9.17) is 0 Å². The molecule has 1 aliphatic carbocycles. The van der Waals surface area contributed by atoms with Gasteiger partial charge in [0.05, 0.1) is 6.10 Å². The van der Waals surface area contributed by atoms with E-state index in [1.54, 1.807) is 0 Å². The summed E-state index contributed by atoms with van der Waals surface area (Å²) in [6.45, 7) is 2.04. The second kappa shape index (κ2) is 3.97. The predicted molar refractivity (Wildman–Crippen MR) is 42.9 cm³/mol. The molecule has 0 aromatic carbocycles. The molecule has 10 heavy (non-hydrogen) atoms. The fourth-order valence-corrected chi connectivity index (χ4v) is 1.25. The third-order valence-corrected chi connectivity index (χ3v) is 2.32. The topological polar surface area (TPSA) is 20.2 Å². The number of hydrogen-bond acceptors (Lipinski definition) is 1. The first kappa shape index (κ1) is 8.06. The van der Waals surface area contributed by atoms with E-state index in [0.29, 0.717) is 0 Å². The zero-order valence-electron chi connectivity index (χ0n) is 6.84. The van der Waals surface area contributed by atoms with Crippen molar-refractivity contribution in [2.75, 3.05) is 0 Å². The van der Waals surface area contributed by atoms with E-state index in [0.717, 1.165) is 18.8 Å². The van der Waals surface area contributed by atoms with Gasteiger partial charge in [-0.2, -0.15) is 0 Å². The quantitative estimate of drug-likeness (QED) is 0.624. The smallest absolute Gasteiger partial charge is 0.0537 e. The molecule has 0 aliphatic heterocycles. The molecule has 60 valence electrons. The summed E-state index contributed by atoms with van der Waals surface area (Å²) >= 11 is 0. The molecule has 0 heterocycles. The van der Waals surface area contributed by atoms with E-state index in [1.165, 1.54) is 25.7 Å². The van der Waals surface area contributed by atoms with Crippen molar-refractivity contribution < 1.29 is 5.11 Å². The Morgan fingerprint density at radius 3 is 2.70 bits per heavy atom. The molecule has 0 aromatic heterocycles. The summed E-state index contributed by atoms with van der Waals surface area (Å²) < 4.78 is 0. The summed E-state index contributed by atoms with van der Waals surface area (Å²) in [5.74, 6) is 1.03. The standard InChI is InChI=1S/C9H18O/c1-2-9(10)5-3-4-8-6-7-8/h8-10H,2-7H2,1H3. The lowest BCUT2D eigenvalue weighted by molar-refractivity contribution is 0.156. The zero-order chi connectivity index (χ0) is 7.40. The van der Waals surface area contributed by atoms with Crippen molar-refractivity contribution in [3.8, 4) is 0 Å². The molecule has 0 radical (unpaired) electrons. The Hall–Kier alpha value is -0.0400. The van der Waals surface area contributed by atoms with Gasteiger partial charge >= 0.3 is 0 Å². The van der Waals surface area contributed by atoms with Crippen LogP contribution in [0.15, 0.2) is 0 Å². The Kier molecular flexibility index (Phi) is 3.20. The first-order valence-corrected chi connectivity index (χ1v) is 4.51. The highest BCUT2D eigenvalue weighted by atomic mass is 16.3. The van der Waals surface area contributed by atoms with Crippen molar-refractivity contribution in [3.63, 3.8) is 0 Å². The molecule has 1 fully saturated rings. The average molecular weight is 142 g/mol. The molecule has 1 saturated carbocycles. The van der Waals surface area contributed by atoms with Gasteiger partial charge in [0.15, 0.2) is 0 Å². The molecule has 1 heteroatoms. The summed E-state index contributed by atoms with van der Waals surface area (Å²) in [7, 11) is 0. The molecular formula is C9H18O. The minimum absolute atomic E-state index is 0.0289. The van der Waals surface area contributed by atoms with Crippen LogP contribution in [-0.2, 0) is 0 Å². The predicted octanol–water partition coefficient (Wildman–Crippen LogP) is 2.34. The molecule has 0 aromatic rings. The molecule has 1 rings (SSSR count). The Morgan fingerprint density at radius 2 is 2.20 bits per heavy atom. The summed E-state index contributed by atoms with van der Waals surface area (Å²) in [6, 6.07) is 0. The molecule has 1 atom stereocenters. The monoisotopic (exact) mass is 142 g/mol. The summed E-state index contributed by atoms with van der Waals surface area (Å²) in [5.41, 5.74) is 0. The van der Waals surface area contributed by atoms with E-state index in [2.05, 4.69) is 0 Å². The maximum absolute atomic E-state index is 9.19. The van der Waals surface area contributed by atoms with Crippen molar-refractivity contribution in [1.29, 1.82) is 0 Å². The maximum Gasteiger partial charge on any atom is 0.0537 e. The normalized spacial score (nSPS) is 21.0. The molecule has 1 aliphatic rings. The number of aliphatic hydroxyl groups is 1. The van der Waals surface area contributed by atoms with Gasteiger partial charge in [0.2, 0.25) is 0 Å². The fourth-order valence-electron chi connectivity index (χ4n) is 1.25. The van der Waals surface area contributed by atoms with E-state index in [1.807, 2.05) is 6.92 Å². The van der Waals surface area contributed by atoms with Crippen LogP contribution >= 0.6 is 0 Å². The van der Waals surface area contributed by atoms with Crippen LogP contribution in [0, 0.1) is 5.92 Å². The van der Waals surface area contributed by atoms with Crippen LogP contribution < -0.4 is 0 Å². The summed E-state index contributed by atoms with van der Waals surface area (Å²) in [6.07, 6.45) is 7.40. The molecule has 1 unspecified atom stereocenters. The minimum atomic E-state index is -0.0289. The second-order valence-electron chi connectivity index (χ2n) is 3.44. The van der Waals surface area contributed by atoms with Crippen LogP contribution in [0.1, 0.15) is 45.4 Å². The first-order valence-electron chi connectivity index (χ1n) is 4.51. The number of hydrogen-bond donors (Lipinski definition) is 1. The van der Waals surface area contributed by atoms with Gasteiger partial charge in [0.25, 0.3) is 0 Å². The second-order valence-corrected chi connectivity index (χ2v) is 3.44. The Balaban J connectivity index is 1.83. The van der Waals surface area contributed by atoms with Gasteiger partial charge in [-0.25, -0.2) is 0 Å². The highest BCUT2D eigenvalue weighted by Gasteiger charge is 2.20. The van der Waals surface area contributed by atoms with Crippen LogP contribution in [0.25, 0.3) is 0 Å². The highest BCUT2D eigenvalue weighted by Crippen LogP contribution is 2.34.